The molecule has 0 nitrogen and oxygen atoms in total. The van der Waals surface area contributed by atoms with Crippen molar-refractivity contribution >= 4 is 32.3 Å². The molecule has 46 heavy (non-hydrogen) atoms. The first-order valence-electron chi connectivity index (χ1n) is 16.8. The summed E-state index contributed by atoms with van der Waals surface area (Å²) in [5, 5.41) is 7.70. The van der Waals surface area contributed by atoms with Crippen LogP contribution in [-0.2, 0) is 10.8 Å². The molecule has 0 amide bonds. The fourth-order valence-corrected chi connectivity index (χ4v) is 6.60. The molecule has 6 aromatic rings. The zero-order valence-electron chi connectivity index (χ0n) is 29.2. The van der Waals surface area contributed by atoms with Crippen LogP contribution >= 0.6 is 0 Å². The van der Waals surface area contributed by atoms with Gasteiger partial charge in [0.15, 0.2) is 0 Å². The van der Waals surface area contributed by atoms with Gasteiger partial charge in [-0.2, -0.15) is 0 Å². The lowest BCUT2D eigenvalue weighted by Gasteiger charge is -2.21. The minimum atomic E-state index is 0.124. The van der Waals surface area contributed by atoms with Gasteiger partial charge in [-0.15, -0.1) is 0 Å². The normalized spacial score (nSPS) is 12.2. The first-order valence-corrected chi connectivity index (χ1v) is 16.8. The highest BCUT2D eigenvalue weighted by molar-refractivity contribution is 6.26. The topological polar surface area (TPSA) is 0 Å². The van der Waals surface area contributed by atoms with Crippen molar-refractivity contribution in [3.8, 4) is 23.7 Å². The Labute approximate surface area is 276 Å². The maximum Gasteiger partial charge on any atom is 0.0330 e. The predicted octanol–water partition coefficient (Wildman–Crippen LogP) is 12.2. The number of hydrogen-bond acceptors (Lipinski definition) is 0. The van der Waals surface area contributed by atoms with E-state index in [9.17, 15) is 0 Å². The smallest absolute Gasteiger partial charge is 0.0330 e. The van der Waals surface area contributed by atoms with Crippen molar-refractivity contribution < 1.29 is 0 Å². The lowest BCUT2D eigenvalue weighted by molar-refractivity contribution is 0.590. The Morgan fingerprint density at radius 2 is 0.739 bits per heavy atom. The zero-order chi connectivity index (χ0) is 33.0. The van der Waals surface area contributed by atoms with Crippen LogP contribution in [0.1, 0.15) is 126 Å². The van der Waals surface area contributed by atoms with E-state index < -0.39 is 0 Å². The van der Waals surface area contributed by atoms with Crippen LogP contribution in [0.5, 0.6) is 0 Å². The molecule has 0 saturated heterocycles. The average molecular weight is 599 g/mol. The molecule has 0 heterocycles. The second kappa shape index (κ2) is 11.7. The maximum absolute atomic E-state index is 3.60. The summed E-state index contributed by atoms with van der Waals surface area (Å²) in [7, 11) is 0. The highest BCUT2D eigenvalue weighted by Gasteiger charge is 2.20. The molecule has 0 radical (unpaired) electrons. The molecule has 0 spiro atoms. The first-order chi connectivity index (χ1) is 21.7. The van der Waals surface area contributed by atoms with Crippen molar-refractivity contribution in [3.63, 3.8) is 0 Å². The first kappa shape index (κ1) is 31.5. The highest BCUT2D eigenvalue weighted by atomic mass is 14.2. The van der Waals surface area contributed by atoms with Crippen LogP contribution in [0.15, 0.2) is 84.9 Å². The summed E-state index contributed by atoms with van der Waals surface area (Å²) in [5.41, 5.74) is 9.85. The molecule has 0 aliphatic rings. The lowest BCUT2D eigenvalue weighted by atomic mass is 9.82. The number of hydrogen-bond donors (Lipinski definition) is 0. The van der Waals surface area contributed by atoms with Gasteiger partial charge in [-0.1, -0.05) is 141 Å². The van der Waals surface area contributed by atoms with Gasteiger partial charge in [-0.25, -0.2) is 0 Å². The van der Waals surface area contributed by atoms with Crippen LogP contribution in [-0.4, -0.2) is 0 Å². The van der Waals surface area contributed by atoms with Gasteiger partial charge in [0.25, 0.3) is 0 Å². The minimum Gasteiger partial charge on any atom is -0.0616 e. The van der Waals surface area contributed by atoms with Gasteiger partial charge >= 0.3 is 0 Å². The maximum atomic E-state index is 3.60. The molecule has 230 valence electrons. The molecule has 6 aromatic carbocycles. The predicted molar refractivity (Wildman–Crippen MR) is 201 cm³/mol. The van der Waals surface area contributed by atoms with Crippen molar-refractivity contribution in [2.24, 2.45) is 0 Å². The minimum absolute atomic E-state index is 0.124. The summed E-state index contributed by atoms with van der Waals surface area (Å²) in [6, 6.07) is 31.4. The van der Waals surface area contributed by atoms with E-state index in [4.69, 9.17) is 0 Å². The summed E-state index contributed by atoms with van der Waals surface area (Å²) in [6.07, 6.45) is 0. The molecule has 0 saturated carbocycles. The molecule has 0 N–H and O–H groups in total. The second-order valence-electron chi connectivity index (χ2n) is 15.6. The van der Waals surface area contributed by atoms with E-state index in [1.165, 1.54) is 54.6 Å². The quantitative estimate of drug-likeness (QED) is 0.137. The monoisotopic (exact) mass is 598 g/mol. The van der Waals surface area contributed by atoms with Crippen molar-refractivity contribution in [3.05, 3.63) is 129 Å². The van der Waals surface area contributed by atoms with E-state index in [0.717, 1.165) is 22.3 Å². The Bertz CT molecular complexity index is 2020. The van der Waals surface area contributed by atoms with Crippen molar-refractivity contribution in [2.75, 3.05) is 0 Å². The van der Waals surface area contributed by atoms with Crippen LogP contribution in [0.3, 0.4) is 0 Å². The summed E-state index contributed by atoms with van der Waals surface area (Å²) >= 11 is 0. The Morgan fingerprint density at radius 3 is 1.04 bits per heavy atom. The third kappa shape index (κ3) is 5.91. The molecule has 0 unspecified atom stereocenters. The van der Waals surface area contributed by atoms with E-state index in [-0.39, 0.29) is 10.8 Å². The standard InChI is InChI=1S/C46H46/c1-29(2)41-27-33(17-11-31-13-19-35(20-14-31)45(5,6)7)37-23-24-38-34(18-12-32-15-21-36(22-16-32)46(8,9)10)28-42(30(3)4)40-26-25-39(41)43(37)44(38)40/h13-16,19-30H,1-10H3. The van der Waals surface area contributed by atoms with Gasteiger partial charge in [0.2, 0.25) is 0 Å². The SMILES string of the molecule is CC(C)c1cc(C#Cc2ccc(C(C)(C)C)cc2)c2ccc3c(C#Cc4ccc(C(C)(C)C)cc4)cc(C(C)C)c4ccc1c2c34. The fraction of sp³-hybridized carbons (Fsp3) is 0.304. The molecular formula is C46H46. The number of benzene rings is 6. The van der Waals surface area contributed by atoms with Gasteiger partial charge in [0, 0.05) is 22.3 Å². The van der Waals surface area contributed by atoms with E-state index in [1.54, 1.807) is 0 Å². The van der Waals surface area contributed by atoms with Gasteiger partial charge < -0.3 is 0 Å². The molecule has 0 bridgehead atoms. The average Bonchev–Trinajstić information content (AvgIpc) is 3.01. The molecular weight excluding hydrogens is 553 g/mol. The molecule has 0 aliphatic heterocycles. The zero-order valence-corrected chi connectivity index (χ0v) is 29.2. The Hall–Kier alpha value is -4.52. The van der Waals surface area contributed by atoms with Crippen molar-refractivity contribution in [1.29, 1.82) is 0 Å². The lowest BCUT2D eigenvalue weighted by Crippen LogP contribution is -2.10. The Kier molecular flexibility index (Phi) is 7.99. The van der Waals surface area contributed by atoms with Crippen LogP contribution in [0, 0.1) is 23.7 Å². The van der Waals surface area contributed by atoms with Crippen molar-refractivity contribution in [2.45, 2.75) is 91.9 Å². The Balaban J connectivity index is 1.57. The third-order valence-corrected chi connectivity index (χ3v) is 9.39. The number of rotatable bonds is 2. The molecule has 0 atom stereocenters. The van der Waals surface area contributed by atoms with Crippen LogP contribution in [0.4, 0.5) is 0 Å². The highest BCUT2D eigenvalue weighted by Crippen LogP contribution is 2.43. The van der Waals surface area contributed by atoms with E-state index in [0.29, 0.717) is 11.8 Å². The molecule has 0 fully saturated rings. The van der Waals surface area contributed by atoms with E-state index >= 15 is 0 Å². The summed E-state index contributed by atoms with van der Waals surface area (Å²) in [4.78, 5) is 0. The van der Waals surface area contributed by atoms with Crippen molar-refractivity contribution in [1.82, 2.24) is 0 Å². The summed E-state index contributed by atoms with van der Waals surface area (Å²) in [5.74, 6) is 15.0. The van der Waals surface area contributed by atoms with Crippen LogP contribution in [0.25, 0.3) is 32.3 Å². The van der Waals surface area contributed by atoms with Gasteiger partial charge in [0.05, 0.1) is 0 Å². The second-order valence-corrected chi connectivity index (χ2v) is 15.6. The summed E-state index contributed by atoms with van der Waals surface area (Å²) in [6.45, 7) is 22.6. The third-order valence-electron chi connectivity index (χ3n) is 9.39. The Morgan fingerprint density at radius 1 is 0.413 bits per heavy atom. The van der Waals surface area contributed by atoms with Crippen LogP contribution < -0.4 is 0 Å². The fourth-order valence-electron chi connectivity index (χ4n) is 6.60. The molecule has 0 aromatic heterocycles. The van der Waals surface area contributed by atoms with Gasteiger partial charge in [-0.05, 0) is 114 Å². The largest absolute Gasteiger partial charge is 0.0616 e. The molecule has 0 aliphatic carbocycles. The van der Waals surface area contributed by atoms with Gasteiger partial charge in [-0.3, -0.25) is 0 Å². The van der Waals surface area contributed by atoms with E-state index in [1.807, 2.05) is 0 Å². The van der Waals surface area contributed by atoms with E-state index in [2.05, 4.69) is 178 Å². The van der Waals surface area contributed by atoms with Gasteiger partial charge in [0.1, 0.15) is 0 Å². The molecule has 6 rings (SSSR count). The van der Waals surface area contributed by atoms with Crippen LogP contribution in [0.2, 0.25) is 0 Å². The summed E-state index contributed by atoms with van der Waals surface area (Å²) < 4.78 is 0. The molecule has 0 heteroatoms.